The molecule has 0 aliphatic heterocycles. The summed E-state index contributed by atoms with van der Waals surface area (Å²) in [7, 11) is 1.78. The molecule has 1 aromatic rings. The Morgan fingerprint density at radius 3 is 2.77 bits per heavy atom. The predicted molar refractivity (Wildman–Crippen MR) is 52.8 cm³/mol. The van der Waals surface area contributed by atoms with Crippen LogP contribution < -0.4 is 4.72 Å². The van der Waals surface area contributed by atoms with Crippen molar-refractivity contribution in [3.05, 3.63) is 33.9 Å². The van der Waals surface area contributed by atoms with Gasteiger partial charge in [0, 0.05) is 17.0 Å². The highest BCUT2D eigenvalue weighted by atomic mass is 32.2. The van der Waals surface area contributed by atoms with Crippen molar-refractivity contribution in [1.82, 2.24) is 4.72 Å². The van der Waals surface area contributed by atoms with Gasteiger partial charge in [-0.3, -0.25) is 14.8 Å². The van der Waals surface area contributed by atoms with Gasteiger partial charge in [0.25, 0.3) is 5.69 Å². The summed E-state index contributed by atoms with van der Waals surface area (Å²) in [5, 5.41) is 10.4. The van der Waals surface area contributed by atoms with Crippen LogP contribution in [0.25, 0.3) is 0 Å². The molecular weight excluding hydrogens is 188 g/mol. The highest BCUT2D eigenvalue weighted by molar-refractivity contribution is 7.97. The fraction of sp³-hybridized carbons (Fsp3) is 0.250. The van der Waals surface area contributed by atoms with Crippen LogP contribution in [0, 0.1) is 17.0 Å². The molecule has 1 aromatic carbocycles. The quantitative estimate of drug-likeness (QED) is 0.459. The summed E-state index contributed by atoms with van der Waals surface area (Å²) in [6.07, 6.45) is 0. The van der Waals surface area contributed by atoms with Gasteiger partial charge >= 0.3 is 0 Å². The van der Waals surface area contributed by atoms with Crippen molar-refractivity contribution in [1.29, 1.82) is 0 Å². The van der Waals surface area contributed by atoms with E-state index in [4.69, 9.17) is 0 Å². The van der Waals surface area contributed by atoms with Crippen LogP contribution in [0.15, 0.2) is 23.1 Å². The van der Waals surface area contributed by atoms with E-state index in [1.165, 1.54) is 18.0 Å². The Labute approximate surface area is 80.6 Å². The number of nitro benzene ring substituents is 1. The van der Waals surface area contributed by atoms with Gasteiger partial charge in [0.15, 0.2) is 0 Å². The first-order chi connectivity index (χ1) is 6.15. The molecule has 0 unspecified atom stereocenters. The van der Waals surface area contributed by atoms with Gasteiger partial charge in [0.1, 0.15) is 0 Å². The molecule has 13 heavy (non-hydrogen) atoms. The molecule has 0 aliphatic carbocycles. The number of benzene rings is 1. The fourth-order valence-corrected chi connectivity index (χ4v) is 1.55. The number of nitrogens with zero attached hydrogens (tertiary/aromatic N) is 1. The molecule has 0 spiro atoms. The van der Waals surface area contributed by atoms with Crippen LogP contribution in [0.2, 0.25) is 0 Å². The summed E-state index contributed by atoms with van der Waals surface area (Å²) in [6, 6.07) is 4.82. The molecule has 5 heteroatoms. The molecule has 70 valence electrons. The van der Waals surface area contributed by atoms with Gasteiger partial charge < -0.3 is 0 Å². The normalized spacial score (nSPS) is 10.0. The molecule has 0 radical (unpaired) electrons. The standard InChI is InChI=1S/C8H10N2O2S/c1-6-3-4-7(10(11)12)5-8(6)13-9-2/h3-5,9H,1-2H3. The largest absolute Gasteiger partial charge is 0.270 e. The Bertz CT molecular complexity index is 328. The van der Waals surface area contributed by atoms with Crippen molar-refractivity contribution in [3.8, 4) is 0 Å². The average molecular weight is 198 g/mol. The second kappa shape index (κ2) is 4.25. The van der Waals surface area contributed by atoms with Gasteiger partial charge in [-0.15, -0.1) is 0 Å². The highest BCUT2D eigenvalue weighted by Crippen LogP contribution is 2.24. The molecular formula is C8H10N2O2S. The Kier molecular flexibility index (Phi) is 3.27. The van der Waals surface area contributed by atoms with Gasteiger partial charge in [-0.2, -0.15) is 0 Å². The number of hydrogen-bond donors (Lipinski definition) is 1. The maximum Gasteiger partial charge on any atom is 0.270 e. The zero-order valence-corrected chi connectivity index (χ0v) is 8.22. The van der Waals surface area contributed by atoms with Crippen LogP contribution in [0.4, 0.5) is 5.69 Å². The molecule has 0 saturated heterocycles. The maximum absolute atomic E-state index is 10.4. The maximum atomic E-state index is 10.4. The topological polar surface area (TPSA) is 55.2 Å². The monoisotopic (exact) mass is 198 g/mol. The summed E-state index contributed by atoms with van der Waals surface area (Å²) in [4.78, 5) is 10.9. The van der Waals surface area contributed by atoms with E-state index in [2.05, 4.69) is 4.72 Å². The van der Waals surface area contributed by atoms with Crippen LogP contribution >= 0.6 is 11.9 Å². The van der Waals surface area contributed by atoms with Gasteiger partial charge in [-0.1, -0.05) is 6.07 Å². The number of non-ortho nitro benzene ring substituents is 1. The third-order valence-electron chi connectivity index (χ3n) is 1.59. The average Bonchev–Trinajstić information content (AvgIpc) is 2.08. The first kappa shape index (κ1) is 10.0. The zero-order chi connectivity index (χ0) is 9.84. The molecule has 0 bridgehead atoms. The summed E-state index contributed by atoms with van der Waals surface area (Å²) >= 11 is 1.38. The van der Waals surface area contributed by atoms with Crippen molar-refractivity contribution < 1.29 is 4.92 Å². The third-order valence-corrected chi connectivity index (χ3v) is 2.46. The first-order valence-corrected chi connectivity index (χ1v) is 4.55. The second-order valence-corrected chi connectivity index (χ2v) is 3.57. The third kappa shape index (κ3) is 2.43. The smallest absolute Gasteiger partial charge is 0.263 e. The van der Waals surface area contributed by atoms with E-state index < -0.39 is 0 Å². The zero-order valence-electron chi connectivity index (χ0n) is 7.40. The van der Waals surface area contributed by atoms with Crippen molar-refractivity contribution in [2.75, 3.05) is 7.05 Å². The molecule has 0 atom stereocenters. The van der Waals surface area contributed by atoms with Gasteiger partial charge in [-0.25, -0.2) is 0 Å². The fourth-order valence-electron chi connectivity index (χ4n) is 0.922. The summed E-state index contributed by atoms with van der Waals surface area (Å²) in [5.41, 5.74) is 1.16. The van der Waals surface area contributed by atoms with Gasteiger partial charge in [0.05, 0.1) is 4.92 Å². The lowest BCUT2D eigenvalue weighted by Crippen LogP contribution is -1.94. The molecule has 1 N–H and O–H groups in total. The van der Waals surface area contributed by atoms with E-state index in [0.717, 1.165) is 10.5 Å². The van der Waals surface area contributed by atoms with Crippen molar-refractivity contribution in [2.45, 2.75) is 11.8 Å². The Morgan fingerprint density at radius 2 is 2.23 bits per heavy atom. The Morgan fingerprint density at radius 1 is 1.54 bits per heavy atom. The second-order valence-electron chi connectivity index (χ2n) is 2.51. The molecule has 4 nitrogen and oxygen atoms in total. The van der Waals surface area contributed by atoms with E-state index in [1.54, 1.807) is 19.2 Å². The first-order valence-electron chi connectivity index (χ1n) is 3.74. The molecule has 0 saturated carbocycles. The highest BCUT2D eigenvalue weighted by Gasteiger charge is 2.07. The van der Waals surface area contributed by atoms with E-state index in [9.17, 15) is 10.1 Å². The minimum Gasteiger partial charge on any atom is -0.263 e. The molecule has 0 amide bonds. The molecule has 0 aromatic heterocycles. The van der Waals surface area contributed by atoms with Crippen molar-refractivity contribution in [2.24, 2.45) is 0 Å². The number of aryl methyl sites for hydroxylation is 1. The van der Waals surface area contributed by atoms with Crippen LogP contribution in [0.1, 0.15) is 5.56 Å². The summed E-state index contributed by atoms with van der Waals surface area (Å²) in [5.74, 6) is 0. The van der Waals surface area contributed by atoms with Gasteiger partial charge in [-0.05, 0) is 31.5 Å². The van der Waals surface area contributed by atoms with E-state index >= 15 is 0 Å². The van der Waals surface area contributed by atoms with Crippen LogP contribution in [-0.4, -0.2) is 12.0 Å². The van der Waals surface area contributed by atoms with E-state index in [-0.39, 0.29) is 10.6 Å². The van der Waals surface area contributed by atoms with Crippen LogP contribution in [0.3, 0.4) is 0 Å². The summed E-state index contributed by atoms with van der Waals surface area (Å²) in [6.45, 7) is 1.92. The minimum atomic E-state index is -0.390. The van der Waals surface area contributed by atoms with Crippen LogP contribution in [-0.2, 0) is 0 Å². The number of nitro groups is 1. The molecule has 0 aliphatic rings. The SMILES string of the molecule is CNSc1cc([N+](=O)[O-])ccc1C. The van der Waals surface area contributed by atoms with Gasteiger partial charge in [0.2, 0.25) is 0 Å². The lowest BCUT2D eigenvalue weighted by atomic mass is 10.2. The van der Waals surface area contributed by atoms with Crippen LogP contribution in [0.5, 0.6) is 0 Å². The summed E-state index contributed by atoms with van der Waals surface area (Å²) < 4.78 is 2.89. The lowest BCUT2D eigenvalue weighted by Gasteiger charge is -2.02. The number of rotatable bonds is 3. The van der Waals surface area contributed by atoms with E-state index in [1.807, 2.05) is 6.92 Å². The Hall–Kier alpha value is -1.07. The van der Waals surface area contributed by atoms with Crippen molar-refractivity contribution in [3.63, 3.8) is 0 Å². The van der Waals surface area contributed by atoms with Crippen molar-refractivity contribution >= 4 is 17.6 Å². The van der Waals surface area contributed by atoms with E-state index in [0.29, 0.717) is 0 Å². The Balaban J connectivity index is 3.03. The predicted octanol–water partition coefficient (Wildman–Crippen LogP) is 2.13. The number of hydrogen-bond acceptors (Lipinski definition) is 4. The molecule has 0 fully saturated rings. The lowest BCUT2D eigenvalue weighted by molar-refractivity contribution is -0.385. The molecule has 1 rings (SSSR count). The molecule has 0 heterocycles. The number of nitrogens with one attached hydrogen (secondary N) is 1. The minimum absolute atomic E-state index is 0.128.